The number of aryl methyl sites for hydroxylation is 2. The standard InChI is InChI=1S/C15H28N6O2.HI/c1-12(11-23-3)18-14(16-2)17-8-6-10-21-15(22)20-9-5-4-7-13(20)19-21;/h12H,4-11H2,1-3H3,(H2,16,17,18);1H. The number of nitrogens with one attached hydrogen (secondary N) is 2. The Morgan fingerprint density at radius 1 is 1.46 bits per heavy atom. The number of fused-ring (bicyclic) bond motifs is 1. The number of aromatic nitrogens is 3. The van der Waals surface area contributed by atoms with Crippen LogP contribution in [0, 0.1) is 0 Å². The van der Waals surface area contributed by atoms with Crippen LogP contribution in [0.25, 0.3) is 0 Å². The number of aliphatic imine (C=N–C) groups is 1. The van der Waals surface area contributed by atoms with Crippen LogP contribution in [0.4, 0.5) is 0 Å². The van der Waals surface area contributed by atoms with Crippen LogP contribution in [0.3, 0.4) is 0 Å². The number of halogens is 1. The maximum atomic E-state index is 12.2. The fraction of sp³-hybridized carbons (Fsp3) is 0.800. The van der Waals surface area contributed by atoms with Crippen molar-refractivity contribution in [3.63, 3.8) is 0 Å². The topological polar surface area (TPSA) is 85.5 Å². The zero-order valence-electron chi connectivity index (χ0n) is 14.7. The highest BCUT2D eigenvalue weighted by molar-refractivity contribution is 14.0. The molecule has 1 aromatic rings. The minimum absolute atomic E-state index is 0. The number of ether oxygens (including phenoxy) is 1. The first-order chi connectivity index (χ1) is 11.2. The first kappa shape index (κ1) is 20.9. The van der Waals surface area contributed by atoms with Crippen molar-refractivity contribution in [2.45, 2.75) is 51.7 Å². The lowest BCUT2D eigenvalue weighted by Crippen LogP contribution is -2.44. The molecular weight excluding hydrogens is 423 g/mol. The molecule has 8 nitrogen and oxygen atoms in total. The fourth-order valence-electron chi connectivity index (χ4n) is 2.75. The van der Waals surface area contributed by atoms with Crippen molar-refractivity contribution in [1.29, 1.82) is 0 Å². The number of hydrogen-bond donors (Lipinski definition) is 2. The van der Waals surface area contributed by atoms with Gasteiger partial charge in [-0.2, -0.15) is 5.10 Å². The van der Waals surface area contributed by atoms with Crippen LogP contribution in [-0.4, -0.2) is 53.7 Å². The van der Waals surface area contributed by atoms with Gasteiger partial charge in [0.1, 0.15) is 5.82 Å². The highest BCUT2D eigenvalue weighted by Crippen LogP contribution is 2.09. The van der Waals surface area contributed by atoms with E-state index in [9.17, 15) is 4.79 Å². The van der Waals surface area contributed by atoms with Crippen molar-refractivity contribution in [3.05, 3.63) is 16.3 Å². The Bertz CT molecular complexity index is 583. The smallest absolute Gasteiger partial charge is 0.345 e. The Balaban J connectivity index is 0.00000288. The highest BCUT2D eigenvalue weighted by Gasteiger charge is 2.16. The molecular formula is C15H29IN6O2. The molecule has 0 saturated heterocycles. The molecule has 1 aliphatic rings. The third-order valence-electron chi connectivity index (χ3n) is 3.89. The van der Waals surface area contributed by atoms with E-state index >= 15 is 0 Å². The van der Waals surface area contributed by atoms with Crippen LogP contribution < -0.4 is 16.3 Å². The molecule has 1 atom stereocenters. The summed E-state index contributed by atoms with van der Waals surface area (Å²) in [5, 5.41) is 10.9. The van der Waals surface area contributed by atoms with E-state index in [1.807, 2.05) is 11.5 Å². The monoisotopic (exact) mass is 452 g/mol. The van der Waals surface area contributed by atoms with E-state index in [1.54, 1.807) is 18.8 Å². The molecule has 138 valence electrons. The molecule has 1 unspecified atom stereocenters. The Morgan fingerprint density at radius 2 is 2.25 bits per heavy atom. The second-order valence-corrected chi connectivity index (χ2v) is 5.88. The van der Waals surface area contributed by atoms with Crippen molar-refractivity contribution in [2.24, 2.45) is 4.99 Å². The molecule has 9 heteroatoms. The molecule has 2 rings (SSSR count). The highest BCUT2D eigenvalue weighted by atomic mass is 127. The summed E-state index contributed by atoms with van der Waals surface area (Å²) in [7, 11) is 3.42. The van der Waals surface area contributed by atoms with Gasteiger partial charge < -0.3 is 15.4 Å². The summed E-state index contributed by atoms with van der Waals surface area (Å²) in [5.74, 6) is 1.67. The Morgan fingerprint density at radius 3 is 2.92 bits per heavy atom. The van der Waals surface area contributed by atoms with Crippen LogP contribution in [0.2, 0.25) is 0 Å². The molecule has 0 spiro atoms. The number of guanidine groups is 1. The van der Waals surface area contributed by atoms with Gasteiger partial charge in [0, 0.05) is 46.3 Å². The molecule has 0 aromatic carbocycles. The summed E-state index contributed by atoms with van der Waals surface area (Å²) in [5.41, 5.74) is 0.0240. The van der Waals surface area contributed by atoms with Crippen LogP contribution in [0.5, 0.6) is 0 Å². The Labute approximate surface area is 160 Å². The summed E-state index contributed by atoms with van der Waals surface area (Å²) < 4.78 is 8.49. The Kier molecular flexibility index (Phi) is 9.34. The molecule has 2 N–H and O–H groups in total. The quantitative estimate of drug-likeness (QED) is 0.274. The lowest BCUT2D eigenvalue weighted by Gasteiger charge is -2.17. The zero-order chi connectivity index (χ0) is 16.7. The lowest BCUT2D eigenvalue weighted by molar-refractivity contribution is 0.179. The van der Waals surface area contributed by atoms with Crippen LogP contribution in [0.15, 0.2) is 9.79 Å². The SMILES string of the molecule is CN=C(NCCCn1nc2n(c1=O)CCCC2)NC(C)COC.I. The molecule has 2 heterocycles. The van der Waals surface area contributed by atoms with Crippen molar-refractivity contribution in [1.82, 2.24) is 25.0 Å². The van der Waals surface area contributed by atoms with E-state index in [4.69, 9.17) is 4.74 Å². The lowest BCUT2D eigenvalue weighted by atomic mass is 10.2. The summed E-state index contributed by atoms with van der Waals surface area (Å²) in [6.07, 6.45) is 3.92. The summed E-state index contributed by atoms with van der Waals surface area (Å²) >= 11 is 0. The Hall–Kier alpha value is -1.10. The normalized spacial score (nSPS) is 15.4. The summed E-state index contributed by atoms with van der Waals surface area (Å²) in [6.45, 7) is 4.81. The van der Waals surface area contributed by atoms with Gasteiger partial charge in [0.15, 0.2) is 5.96 Å². The van der Waals surface area contributed by atoms with Crippen molar-refractivity contribution >= 4 is 29.9 Å². The number of hydrogen-bond acceptors (Lipinski definition) is 4. The predicted octanol–water partition coefficient (Wildman–Crippen LogP) is 0.589. The first-order valence-corrected chi connectivity index (χ1v) is 8.28. The van der Waals surface area contributed by atoms with Gasteiger partial charge >= 0.3 is 5.69 Å². The van der Waals surface area contributed by atoms with Gasteiger partial charge in [0.05, 0.1) is 6.61 Å². The zero-order valence-corrected chi connectivity index (χ0v) is 17.1. The maximum Gasteiger partial charge on any atom is 0.345 e. The third kappa shape index (κ3) is 5.76. The summed E-state index contributed by atoms with van der Waals surface area (Å²) in [6, 6.07) is 0.189. The van der Waals surface area contributed by atoms with E-state index in [2.05, 4.69) is 20.7 Å². The van der Waals surface area contributed by atoms with Crippen molar-refractivity contribution in [2.75, 3.05) is 27.3 Å². The second kappa shape index (κ2) is 10.7. The second-order valence-electron chi connectivity index (χ2n) is 5.88. The third-order valence-corrected chi connectivity index (χ3v) is 3.89. The van der Waals surface area contributed by atoms with Gasteiger partial charge in [0.2, 0.25) is 0 Å². The minimum atomic E-state index is 0. The minimum Gasteiger partial charge on any atom is -0.383 e. The van der Waals surface area contributed by atoms with Crippen LogP contribution in [0.1, 0.15) is 32.0 Å². The number of methoxy groups -OCH3 is 1. The average Bonchev–Trinajstić information content (AvgIpc) is 2.87. The number of rotatable bonds is 7. The van der Waals surface area contributed by atoms with E-state index in [1.165, 1.54) is 0 Å². The molecule has 0 bridgehead atoms. The van der Waals surface area contributed by atoms with Gasteiger partial charge in [0.25, 0.3) is 0 Å². The van der Waals surface area contributed by atoms with Gasteiger partial charge in [-0.15, -0.1) is 24.0 Å². The molecule has 0 fully saturated rings. The average molecular weight is 452 g/mol. The van der Waals surface area contributed by atoms with E-state index < -0.39 is 0 Å². The van der Waals surface area contributed by atoms with Gasteiger partial charge in [-0.1, -0.05) is 0 Å². The predicted molar refractivity (Wildman–Crippen MR) is 105 cm³/mol. The van der Waals surface area contributed by atoms with E-state index in [0.717, 1.165) is 50.6 Å². The molecule has 0 radical (unpaired) electrons. The molecule has 0 aliphatic carbocycles. The van der Waals surface area contributed by atoms with E-state index in [-0.39, 0.29) is 35.7 Å². The van der Waals surface area contributed by atoms with Gasteiger partial charge in [-0.3, -0.25) is 9.56 Å². The largest absolute Gasteiger partial charge is 0.383 e. The number of nitrogens with zero attached hydrogens (tertiary/aromatic N) is 4. The van der Waals surface area contributed by atoms with Gasteiger partial charge in [-0.25, -0.2) is 9.48 Å². The van der Waals surface area contributed by atoms with Crippen molar-refractivity contribution in [3.8, 4) is 0 Å². The van der Waals surface area contributed by atoms with Crippen LogP contribution >= 0.6 is 24.0 Å². The van der Waals surface area contributed by atoms with Crippen LogP contribution in [-0.2, 0) is 24.2 Å². The summed E-state index contributed by atoms with van der Waals surface area (Å²) in [4.78, 5) is 16.4. The van der Waals surface area contributed by atoms with E-state index in [0.29, 0.717) is 13.2 Å². The fourth-order valence-corrected chi connectivity index (χ4v) is 2.75. The molecule has 1 aliphatic heterocycles. The molecule has 24 heavy (non-hydrogen) atoms. The maximum absolute atomic E-state index is 12.2. The molecule has 1 aromatic heterocycles. The first-order valence-electron chi connectivity index (χ1n) is 8.28. The van der Waals surface area contributed by atoms with Gasteiger partial charge in [-0.05, 0) is 26.2 Å². The molecule has 0 saturated carbocycles. The van der Waals surface area contributed by atoms with Crippen molar-refractivity contribution < 1.29 is 4.74 Å². The molecule has 0 amide bonds.